The predicted octanol–water partition coefficient (Wildman–Crippen LogP) is 4.30. The van der Waals surface area contributed by atoms with Gasteiger partial charge in [0.05, 0.1) is 0 Å². The van der Waals surface area contributed by atoms with Crippen LogP contribution in [0.1, 0.15) is 35.2 Å². The van der Waals surface area contributed by atoms with Crippen LogP contribution in [0.3, 0.4) is 0 Å². The predicted molar refractivity (Wildman–Crippen MR) is 67.3 cm³/mol. The minimum atomic E-state index is 0.218. The van der Waals surface area contributed by atoms with Gasteiger partial charge in [0.15, 0.2) is 5.78 Å². The van der Waals surface area contributed by atoms with Gasteiger partial charge in [-0.15, -0.1) is 6.58 Å². The van der Waals surface area contributed by atoms with E-state index in [1.165, 1.54) is 0 Å². The summed E-state index contributed by atoms with van der Waals surface area (Å²) >= 11 is 3.38. The Hall–Kier alpha value is -0.890. The quantitative estimate of drug-likeness (QED) is 0.441. The molecule has 1 aromatic rings. The number of halogens is 1. The fraction of sp³-hybridized carbons (Fsp3) is 0.308. The van der Waals surface area contributed by atoms with Gasteiger partial charge in [0.25, 0.3) is 0 Å². The van der Waals surface area contributed by atoms with Crippen molar-refractivity contribution in [1.82, 2.24) is 0 Å². The summed E-state index contributed by atoms with van der Waals surface area (Å²) in [5.74, 6) is 0.218. The highest BCUT2D eigenvalue weighted by Crippen LogP contribution is 2.18. The molecular formula is C13H15BrO. The van der Waals surface area contributed by atoms with Crippen LogP contribution >= 0.6 is 15.9 Å². The Kier molecular flexibility index (Phi) is 4.76. The van der Waals surface area contributed by atoms with Crippen LogP contribution in [0.25, 0.3) is 0 Å². The van der Waals surface area contributed by atoms with Crippen LogP contribution in [-0.4, -0.2) is 5.78 Å². The maximum Gasteiger partial charge on any atom is 0.163 e. The smallest absolute Gasteiger partial charge is 0.163 e. The van der Waals surface area contributed by atoms with E-state index in [1.54, 1.807) is 0 Å². The summed E-state index contributed by atoms with van der Waals surface area (Å²) in [6.07, 6.45) is 4.23. The third-order valence-corrected chi connectivity index (χ3v) is 2.81. The van der Waals surface area contributed by atoms with Crippen molar-refractivity contribution < 1.29 is 4.79 Å². The fourth-order valence-electron chi connectivity index (χ4n) is 1.44. The van der Waals surface area contributed by atoms with E-state index in [4.69, 9.17) is 0 Å². The molecule has 0 aliphatic heterocycles. The Morgan fingerprint density at radius 3 is 2.93 bits per heavy atom. The SMILES string of the molecule is C=CCCCC(=O)c1cc(Br)ccc1C. The Balaban J connectivity index is 2.72. The van der Waals surface area contributed by atoms with Gasteiger partial charge in [0.1, 0.15) is 0 Å². The number of allylic oxidation sites excluding steroid dienone is 1. The second-order valence-corrected chi connectivity index (χ2v) is 4.48. The molecule has 0 atom stereocenters. The molecule has 1 rings (SSSR count). The molecule has 0 aromatic heterocycles. The molecule has 1 nitrogen and oxygen atoms in total. The number of hydrogen-bond acceptors (Lipinski definition) is 1. The number of carbonyl (C=O) groups excluding carboxylic acids is 1. The maximum atomic E-state index is 11.8. The van der Waals surface area contributed by atoms with Crippen molar-refractivity contribution in [2.45, 2.75) is 26.2 Å². The summed E-state index contributed by atoms with van der Waals surface area (Å²) in [4.78, 5) is 11.8. The number of rotatable bonds is 5. The summed E-state index contributed by atoms with van der Waals surface area (Å²) < 4.78 is 0.958. The van der Waals surface area contributed by atoms with Crippen molar-refractivity contribution in [3.8, 4) is 0 Å². The van der Waals surface area contributed by atoms with Crippen LogP contribution in [0, 0.1) is 6.92 Å². The summed E-state index contributed by atoms with van der Waals surface area (Å²) in [6.45, 7) is 5.61. The first-order chi connectivity index (χ1) is 7.15. The number of carbonyl (C=O) groups is 1. The molecule has 1 aromatic carbocycles. The van der Waals surface area contributed by atoms with Gasteiger partial charge in [-0.05, 0) is 37.5 Å². The molecule has 0 fully saturated rings. The molecule has 0 bridgehead atoms. The van der Waals surface area contributed by atoms with Crippen molar-refractivity contribution in [3.63, 3.8) is 0 Å². The monoisotopic (exact) mass is 266 g/mol. The molecule has 0 N–H and O–H groups in total. The molecule has 2 heteroatoms. The van der Waals surface area contributed by atoms with Crippen molar-refractivity contribution >= 4 is 21.7 Å². The zero-order valence-corrected chi connectivity index (χ0v) is 10.5. The van der Waals surface area contributed by atoms with Gasteiger partial charge < -0.3 is 0 Å². The van der Waals surface area contributed by atoms with Gasteiger partial charge in [-0.1, -0.05) is 28.1 Å². The second kappa shape index (κ2) is 5.86. The molecule has 0 aliphatic carbocycles. The van der Waals surface area contributed by atoms with Gasteiger partial charge in [0.2, 0.25) is 0 Å². The average Bonchev–Trinajstić information content (AvgIpc) is 2.22. The molecule has 0 spiro atoms. The number of unbranched alkanes of at least 4 members (excludes halogenated alkanes) is 1. The first-order valence-electron chi connectivity index (χ1n) is 5.05. The number of aryl methyl sites for hydroxylation is 1. The first kappa shape index (κ1) is 12.2. The van der Waals surface area contributed by atoms with Crippen molar-refractivity contribution in [2.75, 3.05) is 0 Å². The topological polar surface area (TPSA) is 17.1 Å². The fourth-order valence-corrected chi connectivity index (χ4v) is 1.80. The maximum absolute atomic E-state index is 11.8. The van der Waals surface area contributed by atoms with Crippen LogP contribution in [-0.2, 0) is 0 Å². The van der Waals surface area contributed by atoms with Gasteiger partial charge in [0, 0.05) is 16.5 Å². The van der Waals surface area contributed by atoms with E-state index >= 15 is 0 Å². The first-order valence-corrected chi connectivity index (χ1v) is 5.84. The van der Waals surface area contributed by atoms with Crippen LogP contribution in [0.5, 0.6) is 0 Å². The van der Waals surface area contributed by atoms with Crippen LogP contribution in [0.2, 0.25) is 0 Å². The minimum absolute atomic E-state index is 0.218. The van der Waals surface area contributed by atoms with E-state index < -0.39 is 0 Å². The van der Waals surface area contributed by atoms with E-state index in [1.807, 2.05) is 31.2 Å². The van der Waals surface area contributed by atoms with Crippen LogP contribution in [0.15, 0.2) is 35.3 Å². The molecule has 0 unspecified atom stereocenters. The lowest BCUT2D eigenvalue weighted by molar-refractivity contribution is 0.0980. The molecule has 0 saturated heterocycles. The molecule has 0 saturated carbocycles. The molecule has 0 aliphatic rings. The lowest BCUT2D eigenvalue weighted by atomic mass is 10.0. The van der Waals surface area contributed by atoms with Gasteiger partial charge in [-0.2, -0.15) is 0 Å². The minimum Gasteiger partial charge on any atom is -0.294 e. The summed E-state index contributed by atoms with van der Waals surface area (Å²) in [7, 11) is 0. The van der Waals surface area contributed by atoms with E-state index in [-0.39, 0.29) is 5.78 Å². The van der Waals surface area contributed by atoms with Crippen LogP contribution < -0.4 is 0 Å². The number of Topliss-reactive ketones (excluding diaryl/α,β-unsaturated/α-hetero) is 1. The molecule has 0 amide bonds. The largest absolute Gasteiger partial charge is 0.294 e. The van der Waals surface area contributed by atoms with E-state index in [0.717, 1.165) is 28.4 Å². The van der Waals surface area contributed by atoms with Crippen molar-refractivity contribution in [3.05, 3.63) is 46.5 Å². The molecule has 15 heavy (non-hydrogen) atoms. The van der Waals surface area contributed by atoms with E-state index in [0.29, 0.717) is 6.42 Å². The molecular weight excluding hydrogens is 252 g/mol. The Morgan fingerprint density at radius 2 is 2.27 bits per heavy atom. The standard InChI is InChI=1S/C13H15BrO/c1-3-4-5-6-13(15)12-9-11(14)8-7-10(12)2/h3,7-9H,1,4-6H2,2H3. The Morgan fingerprint density at radius 1 is 1.53 bits per heavy atom. The average molecular weight is 267 g/mol. The number of benzene rings is 1. The third-order valence-electron chi connectivity index (χ3n) is 2.31. The number of hydrogen-bond donors (Lipinski definition) is 0. The highest BCUT2D eigenvalue weighted by Gasteiger charge is 2.08. The summed E-state index contributed by atoms with van der Waals surface area (Å²) in [6, 6.07) is 5.81. The Labute approximate surface area is 99.3 Å². The summed E-state index contributed by atoms with van der Waals surface area (Å²) in [5, 5.41) is 0. The second-order valence-electron chi connectivity index (χ2n) is 3.56. The van der Waals surface area contributed by atoms with Crippen molar-refractivity contribution in [1.29, 1.82) is 0 Å². The normalized spacial score (nSPS) is 10.0. The van der Waals surface area contributed by atoms with E-state index in [9.17, 15) is 4.79 Å². The Bertz CT molecular complexity index is 369. The lowest BCUT2D eigenvalue weighted by Gasteiger charge is -2.04. The van der Waals surface area contributed by atoms with Crippen molar-refractivity contribution in [2.24, 2.45) is 0 Å². The van der Waals surface area contributed by atoms with Crippen LogP contribution in [0.4, 0.5) is 0 Å². The molecule has 80 valence electrons. The highest BCUT2D eigenvalue weighted by atomic mass is 79.9. The van der Waals surface area contributed by atoms with E-state index in [2.05, 4.69) is 22.5 Å². The zero-order chi connectivity index (χ0) is 11.3. The van der Waals surface area contributed by atoms with Gasteiger partial charge in [-0.25, -0.2) is 0 Å². The zero-order valence-electron chi connectivity index (χ0n) is 8.92. The highest BCUT2D eigenvalue weighted by molar-refractivity contribution is 9.10. The van der Waals surface area contributed by atoms with Gasteiger partial charge >= 0.3 is 0 Å². The molecule has 0 heterocycles. The molecule has 0 radical (unpaired) electrons. The summed E-state index contributed by atoms with van der Waals surface area (Å²) in [5.41, 5.74) is 1.87. The third kappa shape index (κ3) is 3.63. The number of ketones is 1. The lowest BCUT2D eigenvalue weighted by Crippen LogP contribution is -2.01. The van der Waals surface area contributed by atoms with Gasteiger partial charge in [-0.3, -0.25) is 4.79 Å².